The van der Waals surface area contributed by atoms with Gasteiger partial charge >= 0.3 is 13.5 Å². The second-order valence-corrected chi connectivity index (χ2v) is 5.44. The van der Waals surface area contributed by atoms with Gasteiger partial charge in [-0.05, 0) is 13.0 Å². The van der Waals surface area contributed by atoms with Crippen molar-refractivity contribution in [2.75, 3.05) is 5.73 Å². The predicted octanol–water partition coefficient (Wildman–Crippen LogP) is -0.389. The van der Waals surface area contributed by atoms with E-state index in [0.29, 0.717) is 0 Å². The van der Waals surface area contributed by atoms with E-state index in [0.717, 1.165) is 4.57 Å². The van der Waals surface area contributed by atoms with Gasteiger partial charge in [-0.25, -0.2) is 9.36 Å². The van der Waals surface area contributed by atoms with E-state index in [1.54, 1.807) is 6.92 Å². The van der Waals surface area contributed by atoms with Crippen LogP contribution in [0.3, 0.4) is 0 Å². The minimum absolute atomic E-state index is 0.0553. The van der Waals surface area contributed by atoms with Crippen molar-refractivity contribution in [2.24, 2.45) is 0 Å². The Balaban J connectivity index is 2.30. The number of aromatic nitrogens is 2. The van der Waals surface area contributed by atoms with Crippen molar-refractivity contribution in [1.29, 1.82) is 0 Å². The van der Waals surface area contributed by atoms with Crippen LogP contribution in [0.5, 0.6) is 0 Å². The number of ether oxygens (including phenoxy) is 1. The van der Waals surface area contributed by atoms with Gasteiger partial charge in [-0.15, -0.1) is 0 Å². The minimum Gasteiger partial charge on any atom is -0.383 e. The first kappa shape index (κ1) is 14.2. The van der Waals surface area contributed by atoms with Gasteiger partial charge in [-0.2, -0.15) is 4.98 Å². The molecule has 0 aromatic carbocycles. The molecule has 2 rings (SSSR count). The van der Waals surface area contributed by atoms with E-state index in [-0.39, 0.29) is 18.3 Å². The van der Waals surface area contributed by atoms with E-state index < -0.39 is 25.8 Å². The van der Waals surface area contributed by atoms with Gasteiger partial charge in [0, 0.05) is 12.6 Å². The second-order valence-electron chi connectivity index (χ2n) is 4.25. The Bertz CT molecular complexity index is 569. The summed E-state index contributed by atoms with van der Waals surface area (Å²) in [6, 6.07) is 1.39. The molecule has 1 aliphatic heterocycles. The van der Waals surface area contributed by atoms with E-state index in [4.69, 9.17) is 20.3 Å². The quantitative estimate of drug-likeness (QED) is 0.640. The van der Waals surface area contributed by atoms with Crippen LogP contribution >= 0.6 is 7.82 Å². The Hall–Kier alpha value is -1.25. The lowest BCUT2D eigenvalue weighted by atomic mass is 10.2. The highest BCUT2D eigenvalue weighted by molar-refractivity contribution is 7.46. The van der Waals surface area contributed by atoms with Crippen LogP contribution in [-0.4, -0.2) is 31.5 Å². The van der Waals surface area contributed by atoms with Gasteiger partial charge in [0.05, 0.1) is 6.10 Å². The molecule has 2 heterocycles. The molecule has 106 valence electrons. The molecular formula is C9H14N3O6P. The van der Waals surface area contributed by atoms with Crippen LogP contribution in [0, 0.1) is 0 Å². The Morgan fingerprint density at radius 3 is 2.89 bits per heavy atom. The van der Waals surface area contributed by atoms with Crippen molar-refractivity contribution in [1.82, 2.24) is 9.55 Å². The fourth-order valence-electron chi connectivity index (χ4n) is 1.96. The minimum atomic E-state index is -4.66. The summed E-state index contributed by atoms with van der Waals surface area (Å²) in [7, 11) is -4.66. The average molecular weight is 291 g/mol. The fraction of sp³-hybridized carbons (Fsp3) is 0.556. The molecular weight excluding hydrogens is 277 g/mol. The van der Waals surface area contributed by atoms with E-state index in [1.807, 2.05) is 0 Å². The molecule has 0 amide bonds. The third kappa shape index (κ3) is 3.40. The van der Waals surface area contributed by atoms with Gasteiger partial charge in [-0.1, -0.05) is 0 Å². The topological polar surface area (TPSA) is 137 Å². The molecule has 9 nitrogen and oxygen atoms in total. The zero-order valence-corrected chi connectivity index (χ0v) is 10.9. The molecule has 19 heavy (non-hydrogen) atoms. The van der Waals surface area contributed by atoms with Gasteiger partial charge < -0.3 is 20.3 Å². The molecule has 0 bridgehead atoms. The Kier molecular flexibility index (Phi) is 3.75. The van der Waals surface area contributed by atoms with Gasteiger partial charge in [0.2, 0.25) is 0 Å². The van der Waals surface area contributed by atoms with E-state index in [2.05, 4.69) is 9.51 Å². The number of phosphoric ester groups is 1. The Morgan fingerprint density at radius 1 is 1.63 bits per heavy atom. The van der Waals surface area contributed by atoms with Crippen LogP contribution in [-0.2, 0) is 13.8 Å². The smallest absolute Gasteiger partial charge is 0.383 e. The third-order valence-electron chi connectivity index (χ3n) is 2.65. The molecule has 4 N–H and O–H groups in total. The lowest BCUT2D eigenvalue weighted by Crippen LogP contribution is -2.32. The van der Waals surface area contributed by atoms with E-state index in [1.165, 1.54) is 12.3 Å². The van der Waals surface area contributed by atoms with E-state index in [9.17, 15) is 9.36 Å². The summed E-state index contributed by atoms with van der Waals surface area (Å²) >= 11 is 0. The van der Waals surface area contributed by atoms with Crippen molar-refractivity contribution in [3.05, 3.63) is 22.7 Å². The molecule has 1 aromatic rings. The zero-order valence-electron chi connectivity index (χ0n) is 10.0. The highest BCUT2D eigenvalue weighted by atomic mass is 31.2. The number of nitrogens with zero attached hydrogens (tertiary/aromatic N) is 2. The highest BCUT2D eigenvalue weighted by Gasteiger charge is 2.39. The van der Waals surface area contributed by atoms with Crippen molar-refractivity contribution in [2.45, 2.75) is 31.8 Å². The monoisotopic (exact) mass is 291 g/mol. The number of hydrogen-bond acceptors (Lipinski definition) is 6. The molecule has 0 radical (unpaired) electrons. The first-order valence-corrected chi connectivity index (χ1v) is 7.03. The molecule has 0 unspecified atom stereocenters. The Morgan fingerprint density at radius 2 is 2.32 bits per heavy atom. The summed E-state index contributed by atoms with van der Waals surface area (Å²) < 4.78 is 22.1. The lowest BCUT2D eigenvalue weighted by Gasteiger charge is -2.20. The maximum Gasteiger partial charge on any atom is 0.470 e. The number of nitrogens with two attached hydrogens (primary N) is 1. The number of hydrogen-bond donors (Lipinski definition) is 3. The molecule has 0 spiro atoms. The van der Waals surface area contributed by atoms with Crippen LogP contribution in [0.4, 0.5) is 5.82 Å². The van der Waals surface area contributed by atoms with Crippen LogP contribution < -0.4 is 11.4 Å². The largest absolute Gasteiger partial charge is 0.470 e. The highest BCUT2D eigenvalue weighted by Crippen LogP contribution is 2.44. The molecule has 1 aliphatic rings. The summed E-state index contributed by atoms with van der Waals surface area (Å²) in [5, 5.41) is 0. The summed E-state index contributed by atoms with van der Waals surface area (Å²) in [5.74, 6) is 0.0553. The molecule has 10 heteroatoms. The molecule has 1 saturated heterocycles. The number of nitrogen functional groups attached to an aromatic ring is 1. The summed E-state index contributed by atoms with van der Waals surface area (Å²) in [5.41, 5.74) is 4.70. The number of rotatable bonds is 3. The van der Waals surface area contributed by atoms with Gasteiger partial charge in [0.25, 0.3) is 0 Å². The molecule has 1 aromatic heterocycles. The molecule has 1 fully saturated rings. The first-order chi connectivity index (χ1) is 8.76. The molecule has 0 saturated carbocycles. The second kappa shape index (κ2) is 5.03. The fourth-order valence-corrected chi connectivity index (χ4v) is 2.50. The van der Waals surface area contributed by atoms with E-state index >= 15 is 0 Å². The maximum atomic E-state index is 11.7. The van der Waals surface area contributed by atoms with Crippen LogP contribution in [0.1, 0.15) is 19.6 Å². The molecule has 3 atom stereocenters. The van der Waals surface area contributed by atoms with Crippen LogP contribution in [0.2, 0.25) is 0 Å². The number of anilines is 1. The zero-order chi connectivity index (χ0) is 14.2. The Labute approximate surface area is 108 Å². The van der Waals surface area contributed by atoms with Crippen LogP contribution in [0.25, 0.3) is 0 Å². The average Bonchev–Trinajstić information content (AvgIpc) is 2.56. The number of phosphoric acid groups is 1. The summed E-state index contributed by atoms with van der Waals surface area (Å²) in [6.07, 6.45) is -0.566. The standard InChI is InChI=1S/C9H14N3O6P/c1-5-4-6(18-19(14,15)16)8(17-5)12-3-2-7(10)11-9(12)13/h2-3,5-6,8H,4H2,1H3,(H2,10,11,13)(H2,14,15,16)/t5-,6-,8-/m1/s1. The first-order valence-electron chi connectivity index (χ1n) is 5.50. The van der Waals surface area contributed by atoms with Crippen molar-refractivity contribution < 1.29 is 23.6 Å². The van der Waals surface area contributed by atoms with Gasteiger partial charge in [0.15, 0.2) is 6.23 Å². The van der Waals surface area contributed by atoms with Crippen molar-refractivity contribution in [3.63, 3.8) is 0 Å². The summed E-state index contributed by atoms with van der Waals surface area (Å²) in [6.45, 7) is 1.71. The lowest BCUT2D eigenvalue weighted by molar-refractivity contribution is -0.0339. The SMILES string of the molecule is C[C@@H]1C[C@@H](OP(=O)(O)O)[C@H](n2ccc(N)nc2=O)O1. The van der Waals surface area contributed by atoms with Crippen molar-refractivity contribution in [3.8, 4) is 0 Å². The summed E-state index contributed by atoms with van der Waals surface area (Å²) in [4.78, 5) is 32.9. The van der Waals surface area contributed by atoms with Crippen LogP contribution in [0.15, 0.2) is 17.1 Å². The van der Waals surface area contributed by atoms with Gasteiger partial charge in [0.1, 0.15) is 11.9 Å². The van der Waals surface area contributed by atoms with Gasteiger partial charge in [-0.3, -0.25) is 9.09 Å². The molecule has 0 aliphatic carbocycles. The normalized spacial score (nSPS) is 27.6. The third-order valence-corrected chi connectivity index (χ3v) is 3.20. The predicted molar refractivity (Wildman–Crippen MR) is 64.0 cm³/mol. The van der Waals surface area contributed by atoms with Crippen molar-refractivity contribution >= 4 is 13.6 Å². The maximum absolute atomic E-state index is 11.7.